The molecule has 9 heteroatoms. The zero-order valence-electron chi connectivity index (χ0n) is 14.4. The van der Waals surface area contributed by atoms with Gasteiger partial charge in [0.25, 0.3) is 5.69 Å². The lowest BCUT2D eigenvalue weighted by Gasteiger charge is -2.19. The van der Waals surface area contributed by atoms with E-state index >= 15 is 0 Å². The third kappa shape index (κ3) is 4.27. The monoisotopic (exact) mass is 367 g/mol. The standard InChI is InChI=1S/C18H17N5O4/c1-11-8-17(25)21-22-18(11)12-2-4-14(5-3-12)20-19-10-13-9-15(23(26)27)6-7-16(13)24/h2-7,9-11,20,24H,8H2,1H3,(H,21,25). The number of nitrogens with one attached hydrogen (secondary N) is 2. The molecule has 0 aliphatic carbocycles. The number of nitro benzene ring substituents is 1. The molecule has 0 radical (unpaired) electrons. The summed E-state index contributed by atoms with van der Waals surface area (Å²) >= 11 is 0. The van der Waals surface area contributed by atoms with Gasteiger partial charge in [-0.15, -0.1) is 0 Å². The van der Waals surface area contributed by atoms with E-state index in [2.05, 4.69) is 21.1 Å². The van der Waals surface area contributed by atoms with Crippen LogP contribution in [-0.4, -0.2) is 27.9 Å². The first-order chi connectivity index (χ1) is 12.9. The van der Waals surface area contributed by atoms with Crippen LogP contribution in [0.2, 0.25) is 0 Å². The van der Waals surface area contributed by atoms with E-state index in [1.165, 1.54) is 24.4 Å². The maximum absolute atomic E-state index is 11.3. The number of carbonyl (C=O) groups excluding carboxylic acids is 1. The van der Waals surface area contributed by atoms with Gasteiger partial charge in [-0.2, -0.15) is 10.2 Å². The molecule has 1 aliphatic rings. The fraction of sp³-hybridized carbons (Fsp3) is 0.167. The van der Waals surface area contributed by atoms with Crippen molar-refractivity contribution < 1.29 is 14.8 Å². The highest BCUT2D eigenvalue weighted by Crippen LogP contribution is 2.22. The Kier molecular flexibility index (Phi) is 5.11. The van der Waals surface area contributed by atoms with E-state index in [1.807, 2.05) is 19.1 Å². The Morgan fingerprint density at radius 3 is 2.74 bits per heavy atom. The third-order valence-electron chi connectivity index (χ3n) is 4.06. The van der Waals surface area contributed by atoms with E-state index < -0.39 is 4.92 Å². The van der Waals surface area contributed by atoms with Gasteiger partial charge in [-0.25, -0.2) is 5.43 Å². The number of phenols is 1. The molecule has 3 N–H and O–H groups in total. The van der Waals surface area contributed by atoms with Crippen LogP contribution in [0.15, 0.2) is 52.7 Å². The fourth-order valence-electron chi connectivity index (χ4n) is 2.65. The number of nitro groups is 1. The van der Waals surface area contributed by atoms with Crippen molar-refractivity contribution in [3.63, 3.8) is 0 Å². The Bertz CT molecular complexity index is 937. The summed E-state index contributed by atoms with van der Waals surface area (Å²) < 4.78 is 0. The molecule has 1 heterocycles. The van der Waals surface area contributed by atoms with Gasteiger partial charge in [-0.1, -0.05) is 19.1 Å². The van der Waals surface area contributed by atoms with Crippen molar-refractivity contribution in [1.29, 1.82) is 0 Å². The summed E-state index contributed by atoms with van der Waals surface area (Å²) in [4.78, 5) is 21.6. The Hall–Kier alpha value is -3.75. The van der Waals surface area contributed by atoms with Gasteiger partial charge in [0.05, 0.1) is 22.5 Å². The van der Waals surface area contributed by atoms with Crippen LogP contribution < -0.4 is 10.9 Å². The molecule has 0 fully saturated rings. The molecule has 27 heavy (non-hydrogen) atoms. The second kappa shape index (κ2) is 7.65. The van der Waals surface area contributed by atoms with Crippen LogP contribution in [0, 0.1) is 16.0 Å². The number of rotatable bonds is 5. The van der Waals surface area contributed by atoms with E-state index in [1.54, 1.807) is 12.1 Å². The number of aromatic hydroxyl groups is 1. The van der Waals surface area contributed by atoms with Crippen molar-refractivity contribution in [1.82, 2.24) is 5.43 Å². The van der Waals surface area contributed by atoms with E-state index in [0.29, 0.717) is 12.1 Å². The lowest BCUT2D eigenvalue weighted by Crippen LogP contribution is -2.31. The topological polar surface area (TPSA) is 129 Å². The smallest absolute Gasteiger partial charge is 0.270 e. The summed E-state index contributed by atoms with van der Waals surface area (Å²) in [6, 6.07) is 11.0. The zero-order chi connectivity index (χ0) is 19.4. The number of hydrogen-bond acceptors (Lipinski definition) is 7. The van der Waals surface area contributed by atoms with Gasteiger partial charge in [0.15, 0.2) is 0 Å². The average Bonchev–Trinajstić information content (AvgIpc) is 2.64. The summed E-state index contributed by atoms with van der Waals surface area (Å²) in [5.74, 6) is -0.163. The summed E-state index contributed by atoms with van der Waals surface area (Å²) in [7, 11) is 0. The van der Waals surface area contributed by atoms with Crippen molar-refractivity contribution in [2.75, 3.05) is 5.43 Å². The van der Waals surface area contributed by atoms with Crippen LogP contribution >= 0.6 is 0 Å². The van der Waals surface area contributed by atoms with Crippen LogP contribution in [0.4, 0.5) is 11.4 Å². The molecule has 2 aromatic rings. The van der Waals surface area contributed by atoms with Crippen LogP contribution in [0.25, 0.3) is 0 Å². The van der Waals surface area contributed by atoms with Gasteiger partial charge in [0.1, 0.15) is 5.75 Å². The largest absolute Gasteiger partial charge is 0.507 e. The average molecular weight is 367 g/mol. The normalized spacial score (nSPS) is 16.7. The van der Waals surface area contributed by atoms with Crippen LogP contribution in [0.1, 0.15) is 24.5 Å². The molecular formula is C18H17N5O4. The van der Waals surface area contributed by atoms with Gasteiger partial charge < -0.3 is 5.11 Å². The summed E-state index contributed by atoms with van der Waals surface area (Å²) in [6.07, 6.45) is 1.70. The molecule has 1 amide bonds. The fourth-order valence-corrected chi connectivity index (χ4v) is 2.65. The molecular weight excluding hydrogens is 350 g/mol. The summed E-state index contributed by atoms with van der Waals surface area (Å²) in [5.41, 5.74) is 7.78. The van der Waals surface area contributed by atoms with Gasteiger partial charge in [0, 0.05) is 30.0 Å². The molecule has 0 aromatic heterocycles. The molecule has 138 valence electrons. The van der Waals surface area contributed by atoms with Crippen molar-refractivity contribution in [3.05, 3.63) is 63.7 Å². The Balaban J connectivity index is 1.69. The molecule has 2 aromatic carbocycles. The maximum atomic E-state index is 11.3. The molecule has 0 spiro atoms. The van der Waals surface area contributed by atoms with Crippen molar-refractivity contribution in [2.24, 2.45) is 16.1 Å². The van der Waals surface area contributed by atoms with Gasteiger partial charge >= 0.3 is 0 Å². The molecule has 1 unspecified atom stereocenters. The Morgan fingerprint density at radius 1 is 1.33 bits per heavy atom. The first kappa shape index (κ1) is 18.1. The number of non-ortho nitro benzene ring substituents is 1. The Morgan fingerprint density at radius 2 is 2.07 bits per heavy atom. The van der Waals surface area contributed by atoms with Gasteiger partial charge in [0.2, 0.25) is 5.91 Å². The number of hydrazone groups is 2. The van der Waals surface area contributed by atoms with Gasteiger partial charge in [-0.05, 0) is 23.8 Å². The zero-order valence-corrected chi connectivity index (χ0v) is 14.4. The second-order valence-corrected chi connectivity index (χ2v) is 6.08. The minimum absolute atomic E-state index is 0.0347. The van der Waals surface area contributed by atoms with Crippen molar-refractivity contribution in [3.8, 4) is 5.75 Å². The van der Waals surface area contributed by atoms with E-state index in [9.17, 15) is 20.0 Å². The number of benzene rings is 2. The number of amides is 1. The third-order valence-corrected chi connectivity index (χ3v) is 4.06. The quantitative estimate of drug-likeness (QED) is 0.425. The molecule has 0 saturated heterocycles. The molecule has 0 saturated carbocycles. The molecule has 3 rings (SSSR count). The van der Waals surface area contributed by atoms with Crippen LogP contribution in [0.5, 0.6) is 5.75 Å². The van der Waals surface area contributed by atoms with Crippen molar-refractivity contribution in [2.45, 2.75) is 13.3 Å². The first-order valence-electron chi connectivity index (χ1n) is 8.17. The van der Waals surface area contributed by atoms with Gasteiger partial charge in [-0.3, -0.25) is 20.3 Å². The van der Waals surface area contributed by atoms with Crippen molar-refractivity contribution >= 4 is 29.2 Å². The maximum Gasteiger partial charge on any atom is 0.270 e. The molecule has 1 aliphatic heterocycles. The highest BCUT2D eigenvalue weighted by atomic mass is 16.6. The predicted octanol–water partition coefficient (Wildman–Crippen LogP) is 2.61. The number of anilines is 1. The van der Waals surface area contributed by atoms with E-state index in [4.69, 9.17) is 0 Å². The minimum Gasteiger partial charge on any atom is -0.507 e. The summed E-state index contributed by atoms with van der Waals surface area (Å²) in [6.45, 7) is 1.94. The Labute approximate surface area is 154 Å². The van der Waals surface area contributed by atoms with Crippen LogP contribution in [-0.2, 0) is 4.79 Å². The number of phenolic OH excluding ortho intramolecular Hbond substituents is 1. The SMILES string of the molecule is CC1CC(=O)NN=C1c1ccc(NN=Cc2cc([N+](=O)[O-])ccc2O)cc1. The number of nitrogens with zero attached hydrogens (tertiary/aromatic N) is 3. The molecule has 0 bridgehead atoms. The van der Waals surface area contributed by atoms with Crippen LogP contribution in [0.3, 0.4) is 0 Å². The predicted molar refractivity (Wildman–Crippen MR) is 101 cm³/mol. The summed E-state index contributed by atoms with van der Waals surface area (Å²) in [5, 5.41) is 28.7. The molecule has 1 atom stereocenters. The van der Waals surface area contributed by atoms with E-state index in [0.717, 1.165) is 11.3 Å². The highest BCUT2D eigenvalue weighted by molar-refractivity contribution is 6.05. The first-order valence-corrected chi connectivity index (χ1v) is 8.17. The number of hydrogen-bond donors (Lipinski definition) is 3. The lowest BCUT2D eigenvalue weighted by atomic mass is 9.94. The molecule has 9 nitrogen and oxygen atoms in total. The highest BCUT2D eigenvalue weighted by Gasteiger charge is 2.21. The minimum atomic E-state index is -0.541. The van der Waals surface area contributed by atoms with E-state index in [-0.39, 0.29) is 28.8 Å². The lowest BCUT2D eigenvalue weighted by molar-refractivity contribution is -0.384. The second-order valence-electron chi connectivity index (χ2n) is 6.08. The number of carbonyl (C=O) groups is 1.